The minimum Gasteiger partial charge on any atom is -0.258 e. The van der Waals surface area contributed by atoms with Crippen LogP contribution in [0.15, 0.2) is 53.1 Å². The second kappa shape index (κ2) is 4.77. The first-order chi connectivity index (χ1) is 7.27. The van der Waals surface area contributed by atoms with Crippen molar-refractivity contribution in [2.45, 2.75) is 5.38 Å². The van der Waals surface area contributed by atoms with Crippen LogP contribution in [-0.4, -0.2) is 4.98 Å². The molecule has 1 aromatic carbocycles. The van der Waals surface area contributed by atoms with Gasteiger partial charge in [-0.25, -0.2) is 0 Å². The molecule has 0 aliphatic carbocycles. The van der Waals surface area contributed by atoms with Gasteiger partial charge in [0, 0.05) is 10.7 Å². The van der Waals surface area contributed by atoms with Gasteiger partial charge < -0.3 is 0 Å². The monoisotopic (exact) mass is 281 g/mol. The van der Waals surface area contributed by atoms with Crippen LogP contribution in [0.2, 0.25) is 0 Å². The molecule has 1 nitrogen and oxygen atoms in total. The third-order valence-corrected chi connectivity index (χ3v) is 3.05. The molecule has 1 atom stereocenters. The Hall–Kier alpha value is -0.860. The van der Waals surface area contributed by atoms with Crippen molar-refractivity contribution < 1.29 is 0 Å². The van der Waals surface area contributed by atoms with Crippen LogP contribution in [0.25, 0.3) is 0 Å². The van der Waals surface area contributed by atoms with E-state index in [0.717, 1.165) is 15.7 Å². The number of hydrogen-bond acceptors (Lipinski definition) is 1. The maximum absolute atomic E-state index is 6.31. The summed E-state index contributed by atoms with van der Waals surface area (Å²) >= 11 is 9.65. The first-order valence-electron chi connectivity index (χ1n) is 4.58. The van der Waals surface area contributed by atoms with Gasteiger partial charge in [-0.3, -0.25) is 4.98 Å². The van der Waals surface area contributed by atoms with Gasteiger partial charge in [0.15, 0.2) is 0 Å². The van der Waals surface area contributed by atoms with E-state index >= 15 is 0 Å². The second-order valence-electron chi connectivity index (χ2n) is 3.17. The lowest BCUT2D eigenvalue weighted by atomic mass is 10.1. The van der Waals surface area contributed by atoms with Crippen molar-refractivity contribution in [3.8, 4) is 0 Å². The topological polar surface area (TPSA) is 12.9 Å². The van der Waals surface area contributed by atoms with Crippen LogP contribution >= 0.6 is 27.5 Å². The van der Waals surface area contributed by atoms with E-state index < -0.39 is 0 Å². The van der Waals surface area contributed by atoms with Crippen molar-refractivity contribution in [3.05, 3.63) is 64.4 Å². The van der Waals surface area contributed by atoms with Crippen molar-refractivity contribution in [1.29, 1.82) is 0 Å². The van der Waals surface area contributed by atoms with Gasteiger partial charge in [0.05, 0.1) is 5.69 Å². The summed E-state index contributed by atoms with van der Waals surface area (Å²) in [5, 5.41) is -0.181. The van der Waals surface area contributed by atoms with E-state index in [1.807, 2.05) is 42.5 Å². The molecule has 0 N–H and O–H groups in total. The predicted molar refractivity (Wildman–Crippen MR) is 66.1 cm³/mol. The SMILES string of the molecule is ClC(c1ccccc1)c1ccc(Br)cn1. The molecule has 0 aliphatic rings. The highest BCUT2D eigenvalue weighted by molar-refractivity contribution is 9.10. The number of nitrogens with zero attached hydrogens (tertiary/aromatic N) is 1. The Bertz CT molecular complexity index is 427. The molecule has 1 aromatic heterocycles. The molecule has 0 radical (unpaired) electrons. The molecular weight excluding hydrogens is 273 g/mol. The van der Waals surface area contributed by atoms with Crippen molar-refractivity contribution in [2.24, 2.45) is 0 Å². The molecule has 0 fully saturated rings. The summed E-state index contributed by atoms with van der Waals surface area (Å²) < 4.78 is 0.961. The van der Waals surface area contributed by atoms with Gasteiger partial charge in [0.25, 0.3) is 0 Å². The normalized spacial score (nSPS) is 12.4. The van der Waals surface area contributed by atoms with Gasteiger partial charge in [-0.05, 0) is 33.6 Å². The average Bonchev–Trinajstić information content (AvgIpc) is 2.30. The number of rotatable bonds is 2. The standard InChI is InChI=1S/C12H9BrClN/c13-10-6-7-11(15-8-10)12(14)9-4-2-1-3-5-9/h1-8,12H. The van der Waals surface area contributed by atoms with Crippen molar-refractivity contribution >= 4 is 27.5 Å². The van der Waals surface area contributed by atoms with E-state index in [4.69, 9.17) is 11.6 Å². The quantitative estimate of drug-likeness (QED) is 0.753. The largest absolute Gasteiger partial charge is 0.258 e. The summed E-state index contributed by atoms with van der Waals surface area (Å²) in [4.78, 5) is 4.28. The van der Waals surface area contributed by atoms with Crippen LogP contribution in [0.3, 0.4) is 0 Å². The highest BCUT2D eigenvalue weighted by Gasteiger charge is 2.10. The van der Waals surface area contributed by atoms with Gasteiger partial charge in [0.1, 0.15) is 5.38 Å². The molecule has 15 heavy (non-hydrogen) atoms. The lowest BCUT2D eigenvalue weighted by molar-refractivity contribution is 1.03. The van der Waals surface area contributed by atoms with E-state index in [1.54, 1.807) is 6.20 Å². The van der Waals surface area contributed by atoms with Crippen LogP contribution in [0.5, 0.6) is 0 Å². The maximum Gasteiger partial charge on any atom is 0.101 e. The number of halogens is 2. The highest BCUT2D eigenvalue weighted by Crippen LogP contribution is 2.27. The van der Waals surface area contributed by atoms with E-state index in [0.29, 0.717) is 0 Å². The fourth-order valence-electron chi connectivity index (χ4n) is 1.33. The summed E-state index contributed by atoms with van der Waals surface area (Å²) in [5.41, 5.74) is 1.93. The Labute approximate surface area is 102 Å². The molecule has 0 aliphatic heterocycles. The molecule has 76 valence electrons. The third kappa shape index (κ3) is 2.58. The lowest BCUT2D eigenvalue weighted by Crippen LogP contribution is -1.95. The Morgan fingerprint density at radius 3 is 2.40 bits per heavy atom. The van der Waals surface area contributed by atoms with Crippen LogP contribution < -0.4 is 0 Å². The minimum atomic E-state index is -0.181. The Morgan fingerprint density at radius 1 is 1.07 bits per heavy atom. The number of hydrogen-bond donors (Lipinski definition) is 0. The van der Waals surface area contributed by atoms with Crippen molar-refractivity contribution in [3.63, 3.8) is 0 Å². The molecule has 0 bridgehead atoms. The smallest absolute Gasteiger partial charge is 0.101 e. The molecule has 0 amide bonds. The molecule has 1 heterocycles. The fraction of sp³-hybridized carbons (Fsp3) is 0.0833. The first kappa shape index (κ1) is 10.7. The molecule has 3 heteroatoms. The van der Waals surface area contributed by atoms with Crippen LogP contribution in [0.1, 0.15) is 16.6 Å². The minimum absolute atomic E-state index is 0.181. The van der Waals surface area contributed by atoms with Gasteiger partial charge in [-0.1, -0.05) is 30.3 Å². The molecule has 2 rings (SSSR count). The van der Waals surface area contributed by atoms with Gasteiger partial charge in [-0.2, -0.15) is 0 Å². The summed E-state index contributed by atoms with van der Waals surface area (Å²) in [7, 11) is 0. The Kier molecular flexibility index (Phi) is 3.39. The van der Waals surface area contributed by atoms with Crippen molar-refractivity contribution in [2.75, 3.05) is 0 Å². The van der Waals surface area contributed by atoms with Gasteiger partial charge in [-0.15, -0.1) is 11.6 Å². The van der Waals surface area contributed by atoms with Gasteiger partial charge in [0.2, 0.25) is 0 Å². The molecule has 0 saturated heterocycles. The van der Waals surface area contributed by atoms with E-state index in [9.17, 15) is 0 Å². The Balaban J connectivity index is 2.29. The highest BCUT2D eigenvalue weighted by atomic mass is 79.9. The number of alkyl halides is 1. The predicted octanol–water partition coefficient (Wildman–Crippen LogP) is 4.17. The fourth-order valence-corrected chi connectivity index (χ4v) is 1.84. The second-order valence-corrected chi connectivity index (χ2v) is 4.53. The van der Waals surface area contributed by atoms with Crippen LogP contribution in [-0.2, 0) is 0 Å². The summed E-state index contributed by atoms with van der Waals surface area (Å²) in [6.07, 6.45) is 1.76. The molecule has 2 aromatic rings. The van der Waals surface area contributed by atoms with E-state index in [2.05, 4.69) is 20.9 Å². The van der Waals surface area contributed by atoms with Gasteiger partial charge >= 0.3 is 0 Å². The number of pyridine rings is 1. The third-order valence-electron chi connectivity index (χ3n) is 2.10. The average molecular weight is 283 g/mol. The first-order valence-corrected chi connectivity index (χ1v) is 5.81. The zero-order chi connectivity index (χ0) is 10.7. The molecule has 1 unspecified atom stereocenters. The summed E-state index contributed by atoms with van der Waals surface area (Å²) in [5.74, 6) is 0. The summed E-state index contributed by atoms with van der Waals surface area (Å²) in [6.45, 7) is 0. The molecule has 0 spiro atoms. The van der Waals surface area contributed by atoms with Crippen molar-refractivity contribution in [1.82, 2.24) is 4.98 Å². The molecule has 0 saturated carbocycles. The zero-order valence-electron chi connectivity index (χ0n) is 7.90. The zero-order valence-corrected chi connectivity index (χ0v) is 10.2. The van der Waals surface area contributed by atoms with E-state index in [-0.39, 0.29) is 5.38 Å². The summed E-state index contributed by atoms with van der Waals surface area (Å²) in [6, 6.07) is 13.8. The Morgan fingerprint density at radius 2 is 1.80 bits per heavy atom. The number of aromatic nitrogens is 1. The lowest BCUT2D eigenvalue weighted by Gasteiger charge is -2.08. The maximum atomic E-state index is 6.31. The van der Waals surface area contributed by atoms with Crippen LogP contribution in [0, 0.1) is 0 Å². The molecular formula is C12H9BrClN. The van der Waals surface area contributed by atoms with E-state index in [1.165, 1.54) is 0 Å². The number of benzene rings is 1. The van der Waals surface area contributed by atoms with Crippen LogP contribution in [0.4, 0.5) is 0 Å².